The summed E-state index contributed by atoms with van der Waals surface area (Å²) in [6, 6.07) is 15.4. The lowest BCUT2D eigenvalue weighted by molar-refractivity contribution is 0.414. The van der Waals surface area contributed by atoms with Crippen molar-refractivity contribution in [3.8, 4) is 23.0 Å². The number of hydrogen-bond acceptors (Lipinski definition) is 6. The molecule has 0 fully saturated rings. The number of para-hydroxylation sites is 1. The Morgan fingerprint density at radius 3 is 2.26 bits per heavy atom. The Morgan fingerprint density at radius 1 is 1.00 bits per heavy atom. The van der Waals surface area contributed by atoms with Crippen LogP contribution in [0.25, 0.3) is 11.4 Å². The summed E-state index contributed by atoms with van der Waals surface area (Å²) in [6.07, 6.45) is 0. The molecular formula is C24H23N5O5. The van der Waals surface area contributed by atoms with Crippen LogP contribution in [0, 0.1) is 6.92 Å². The molecule has 10 nitrogen and oxygen atoms in total. The number of H-pyrrole nitrogens is 1. The van der Waals surface area contributed by atoms with E-state index < -0.39 is 17.1 Å². The van der Waals surface area contributed by atoms with E-state index in [2.05, 4.69) is 9.98 Å². The predicted molar refractivity (Wildman–Crippen MR) is 128 cm³/mol. The minimum absolute atomic E-state index is 0.0759. The first-order chi connectivity index (χ1) is 16.2. The molecule has 10 heteroatoms. The van der Waals surface area contributed by atoms with Gasteiger partial charge in [-0.25, -0.2) is 19.0 Å². The van der Waals surface area contributed by atoms with E-state index in [0.29, 0.717) is 22.8 Å². The minimum Gasteiger partial charge on any atom is -0.497 e. The molecule has 2 heterocycles. The van der Waals surface area contributed by atoms with E-state index in [9.17, 15) is 19.5 Å². The van der Waals surface area contributed by atoms with E-state index in [1.807, 2.05) is 18.2 Å². The van der Waals surface area contributed by atoms with Crippen LogP contribution >= 0.6 is 0 Å². The Morgan fingerprint density at radius 2 is 1.65 bits per heavy atom. The lowest BCUT2D eigenvalue weighted by Crippen LogP contribution is -2.32. The molecule has 0 aliphatic heterocycles. The number of aromatic amines is 1. The van der Waals surface area contributed by atoms with Crippen molar-refractivity contribution in [1.82, 2.24) is 18.9 Å². The maximum atomic E-state index is 13.2. The van der Waals surface area contributed by atoms with Crippen molar-refractivity contribution >= 4 is 11.4 Å². The third kappa shape index (κ3) is 3.75. The van der Waals surface area contributed by atoms with Crippen molar-refractivity contribution in [2.75, 3.05) is 7.11 Å². The van der Waals surface area contributed by atoms with Crippen molar-refractivity contribution in [3.63, 3.8) is 0 Å². The highest BCUT2D eigenvalue weighted by Crippen LogP contribution is 2.22. The molecule has 0 saturated carbocycles. The average Bonchev–Trinajstić information content (AvgIpc) is 3.02. The van der Waals surface area contributed by atoms with E-state index in [4.69, 9.17) is 4.74 Å². The SMILES string of the molecule is COc1ccc(-n2c(O)c(C(C)=Nc3c(C)n(C)n(-c4ccccc4)c3=O)c(=O)[nH]c2=O)cc1. The minimum atomic E-state index is -0.814. The van der Waals surface area contributed by atoms with Crippen molar-refractivity contribution in [1.29, 1.82) is 0 Å². The van der Waals surface area contributed by atoms with E-state index in [-0.39, 0.29) is 22.5 Å². The quantitative estimate of drug-likeness (QED) is 0.441. The van der Waals surface area contributed by atoms with Crippen LogP contribution in [0.2, 0.25) is 0 Å². The summed E-state index contributed by atoms with van der Waals surface area (Å²) in [4.78, 5) is 44.9. The molecule has 2 aromatic heterocycles. The molecular weight excluding hydrogens is 438 g/mol. The van der Waals surface area contributed by atoms with Crippen LogP contribution in [0.1, 0.15) is 18.2 Å². The van der Waals surface area contributed by atoms with E-state index >= 15 is 0 Å². The van der Waals surface area contributed by atoms with E-state index in [0.717, 1.165) is 4.57 Å². The van der Waals surface area contributed by atoms with Crippen molar-refractivity contribution < 1.29 is 9.84 Å². The summed E-state index contributed by atoms with van der Waals surface area (Å²) in [5, 5.41) is 10.9. The third-order valence-corrected chi connectivity index (χ3v) is 5.58. The molecule has 4 rings (SSSR count). The zero-order chi connectivity index (χ0) is 24.6. The Hall–Kier alpha value is -4.60. The number of ether oxygens (including phenoxy) is 1. The number of hydrogen-bond donors (Lipinski definition) is 2. The van der Waals surface area contributed by atoms with Gasteiger partial charge >= 0.3 is 5.69 Å². The molecule has 34 heavy (non-hydrogen) atoms. The number of methoxy groups -OCH3 is 1. The summed E-state index contributed by atoms with van der Waals surface area (Å²) in [7, 11) is 3.24. The summed E-state index contributed by atoms with van der Waals surface area (Å²) in [6.45, 7) is 3.22. The second-order valence-electron chi connectivity index (χ2n) is 7.60. The van der Waals surface area contributed by atoms with Gasteiger partial charge in [0, 0.05) is 7.05 Å². The summed E-state index contributed by atoms with van der Waals surface area (Å²) in [5.41, 5.74) is -0.502. The van der Waals surface area contributed by atoms with Crippen LogP contribution in [-0.2, 0) is 7.05 Å². The number of aromatic nitrogens is 4. The highest BCUT2D eigenvalue weighted by atomic mass is 16.5. The fourth-order valence-electron chi connectivity index (χ4n) is 3.73. The zero-order valence-electron chi connectivity index (χ0n) is 19.1. The number of aromatic hydroxyl groups is 1. The standard InChI is InChI=1S/C24H23N5O5/c1-14(25-20-15(2)27(3)29(23(20)32)17-8-6-5-7-9-17)19-21(30)26-24(33)28(22(19)31)16-10-12-18(34-4)13-11-16/h5-13,31H,1-4H3,(H,26,30,33). The van der Waals surface area contributed by atoms with Crippen LogP contribution in [0.4, 0.5) is 5.69 Å². The van der Waals surface area contributed by atoms with Gasteiger partial charge in [0.25, 0.3) is 11.1 Å². The van der Waals surface area contributed by atoms with E-state index in [1.165, 1.54) is 18.7 Å². The Bertz CT molecular complexity index is 1570. The maximum Gasteiger partial charge on any atom is 0.335 e. The summed E-state index contributed by atoms with van der Waals surface area (Å²) < 4.78 is 9.19. The monoisotopic (exact) mass is 461 g/mol. The van der Waals surface area contributed by atoms with Gasteiger partial charge in [-0.05, 0) is 50.2 Å². The van der Waals surface area contributed by atoms with Gasteiger partial charge in [0.1, 0.15) is 11.3 Å². The molecule has 2 aromatic carbocycles. The van der Waals surface area contributed by atoms with Crippen LogP contribution in [-0.4, -0.2) is 36.8 Å². The number of nitrogens with one attached hydrogen (secondary N) is 1. The molecule has 0 aliphatic carbocycles. The van der Waals surface area contributed by atoms with Crippen LogP contribution in [0.15, 0.2) is 74.0 Å². The van der Waals surface area contributed by atoms with Crippen LogP contribution in [0.5, 0.6) is 11.6 Å². The molecule has 0 aliphatic rings. The Labute approximate surface area is 193 Å². The van der Waals surface area contributed by atoms with Gasteiger partial charge in [0.15, 0.2) is 5.69 Å². The van der Waals surface area contributed by atoms with Gasteiger partial charge < -0.3 is 9.84 Å². The normalized spacial score (nSPS) is 11.6. The van der Waals surface area contributed by atoms with Gasteiger partial charge in [-0.1, -0.05) is 18.2 Å². The fraction of sp³-hybridized carbons (Fsp3) is 0.167. The van der Waals surface area contributed by atoms with Crippen molar-refractivity contribution in [2.45, 2.75) is 13.8 Å². The van der Waals surface area contributed by atoms with Crippen molar-refractivity contribution in [3.05, 3.63) is 97.0 Å². The first-order valence-electron chi connectivity index (χ1n) is 10.4. The molecule has 0 atom stereocenters. The number of benzene rings is 2. The lowest BCUT2D eigenvalue weighted by atomic mass is 10.2. The second-order valence-corrected chi connectivity index (χ2v) is 7.60. The van der Waals surface area contributed by atoms with Gasteiger partial charge in [-0.3, -0.25) is 19.3 Å². The van der Waals surface area contributed by atoms with Gasteiger partial charge in [-0.2, -0.15) is 0 Å². The molecule has 2 N–H and O–H groups in total. The highest BCUT2D eigenvalue weighted by Gasteiger charge is 2.21. The predicted octanol–water partition coefficient (Wildman–Crippen LogP) is 2.18. The van der Waals surface area contributed by atoms with Gasteiger partial charge in [0.05, 0.1) is 29.9 Å². The Kier molecular flexibility index (Phi) is 5.80. The van der Waals surface area contributed by atoms with Gasteiger partial charge in [0.2, 0.25) is 5.88 Å². The summed E-state index contributed by atoms with van der Waals surface area (Å²) >= 11 is 0. The molecule has 0 amide bonds. The number of aliphatic imine (C=N–C) groups is 1. The molecule has 0 unspecified atom stereocenters. The highest BCUT2D eigenvalue weighted by molar-refractivity contribution is 6.01. The maximum absolute atomic E-state index is 13.2. The molecule has 174 valence electrons. The number of nitrogens with zero attached hydrogens (tertiary/aromatic N) is 4. The van der Waals surface area contributed by atoms with E-state index in [1.54, 1.807) is 55.1 Å². The molecule has 0 bridgehead atoms. The first-order valence-corrected chi connectivity index (χ1v) is 10.4. The largest absolute Gasteiger partial charge is 0.497 e. The van der Waals surface area contributed by atoms with Crippen LogP contribution < -0.4 is 21.5 Å². The Balaban J connectivity index is 1.88. The number of rotatable bonds is 5. The average molecular weight is 461 g/mol. The fourth-order valence-corrected chi connectivity index (χ4v) is 3.73. The third-order valence-electron chi connectivity index (χ3n) is 5.58. The zero-order valence-corrected chi connectivity index (χ0v) is 19.1. The van der Waals surface area contributed by atoms with Crippen molar-refractivity contribution in [2.24, 2.45) is 12.0 Å². The summed E-state index contributed by atoms with van der Waals surface area (Å²) in [5.74, 6) is -0.0231. The topological polar surface area (TPSA) is 124 Å². The molecule has 0 saturated heterocycles. The first kappa shape index (κ1) is 22.6. The smallest absolute Gasteiger partial charge is 0.335 e. The second kappa shape index (κ2) is 8.74. The lowest BCUT2D eigenvalue weighted by Gasteiger charge is -2.11. The van der Waals surface area contributed by atoms with Gasteiger partial charge in [-0.15, -0.1) is 0 Å². The van der Waals surface area contributed by atoms with Crippen LogP contribution in [0.3, 0.4) is 0 Å². The molecule has 4 aromatic rings. The molecule has 0 radical (unpaired) electrons. The molecule has 0 spiro atoms.